The summed E-state index contributed by atoms with van der Waals surface area (Å²) in [5, 5.41) is 9.25. The maximum Gasteiger partial charge on any atom is 0.326 e. The van der Waals surface area contributed by atoms with E-state index in [-0.39, 0.29) is 12.0 Å². The lowest BCUT2D eigenvalue weighted by molar-refractivity contribution is -0.141. The summed E-state index contributed by atoms with van der Waals surface area (Å²) < 4.78 is 5.20. The lowest BCUT2D eigenvalue weighted by Crippen LogP contribution is -2.40. The van der Waals surface area contributed by atoms with Crippen LogP contribution in [0.15, 0.2) is 24.3 Å². The third-order valence-corrected chi connectivity index (χ3v) is 4.28. The second-order valence-corrected chi connectivity index (χ2v) is 5.90. The van der Waals surface area contributed by atoms with Crippen molar-refractivity contribution in [1.82, 2.24) is 4.90 Å². The fraction of sp³-hybridized carbons (Fsp3) is 0.467. The zero-order chi connectivity index (χ0) is 15.4. The Morgan fingerprint density at radius 3 is 2.57 bits per heavy atom. The summed E-state index contributed by atoms with van der Waals surface area (Å²) in [6.07, 6.45) is 2.14. The minimum Gasteiger partial charge on any atom is -0.480 e. The molecule has 1 aliphatic rings. The number of nitrogens with zero attached hydrogens (tertiary/aromatic N) is 1. The summed E-state index contributed by atoms with van der Waals surface area (Å²) in [5.74, 6) is -0.346. The average Bonchev–Trinajstić information content (AvgIpc) is 2.92. The van der Waals surface area contributed by atoms with Crippen LogP contribution in [0.4, 0.5) is 0 Å². The number of amides is 1. The SMILES string of the molecule is COC1CC(C(=O)O)N(C(=O)c2ccc(CSC)cc2)C1. The Bertz CT molecular complexity index is 517. The Hall–Kier alpha value is -1.53. The minimum absolute atomic E-state index is 0.217. The normalized spacial score (nSPS) is 21.5. The highest BCUT2D eigenvalue weighted by Crippen LogP contribution is 2.23. The summed E-state index contributed by atoms with van der Waals surface area (Å²) in [5.41, 5.74) is 1.66. The Kier molecular flexibility index (Phi) is 5.25. The molecule has 2 atom stereocenters. The van der Waals surface area contributed by atoms with Crippen LogP contribution in [0.25, 0.3) is 0 Å². The van der Waals surface area contributed by atoms with Crippen molar-refractivity contribution in [2.24, 2.45) is 0 Å². The standard InChI is InChI=1S/C15H19NO4S/c1-20-12-7-13(15(18)19)16(8-12)14(17)11-5-3-10(4-6-11)9-21-2/h3-6,12-13H,7-9H2,1-2H3,(H,18,19). The van der Waals surface area contributed by atoms with Gasteiger partial charge in [0.25, 0.3) is 5.91 Å². The fourth-order valence-corrected chi connectivity index (χ4v) is 3.03. The fourth-order valence-electron chi connectivity index (χ4n) is 2.50. The zero-order valence-electron chi connectivity index (χ0n) is 12.1. The number of hydrogen-bond donors (Lipinski definition) is 1. The van der Waals surface area contributed by atoms with Crippen LogP contribution < -0.4 is 0 Å². The number of rotatable bonds is 5. The molecule has 0 aliphatic carbocycles. The summed E-state index contributed by atoms with van der Waals surface area (Å²) >= 11 is 1.71. The first-order valence-corrected chi connectivity index (χ1v) is 8.10. The Morgan fingerprint density at radius 2 is 2.05 bits per heavy atom. The van der Waals surface area contributed by atoms with Crippen LogP contribution in [0.2, 0.25) is 0 Å². The minimum atomic E-state index is -0.984. The summed E-state index contributed by atoms with van der Waals surface area (Å²) in [6, 6.07) is 6.51. The molecule has 6 heteroatoms. The maximum absolute atomic E-state index is 12.5. The lowest BCUT2D eigenvalue weighted by atomic mass is 10.1. The van der Waals surface area contributed by atoms with Gasteiger partial charge in [-0.3, -0.25) is 4.79 Å². The number of carboxylic acid groups (broad SMARTS) is 1. The molecule has 1 aromatic rings. The largest absolute Gasteiger partial charge is 0.480 e. The lowest BCUT2D eigenvalue weighted by Gasteiger charge is -2.21. The second-order valence-electron chi connectivity index (χ2n) is 5.03. The van der Waals surface area contributed by atoms with Crippen LogP contribution in [0, 0.1) is 0 Å². The van der Waals surface area contributed by atoms with E-state index < -0.39 is 12.0 Å². The number of carbonyl (C=O) groups excluding carboxylic acids is 1. The Morgan fingerprint density at radius 1 is 1.38 bits per heavy atom. The van der Waals surface area contributed by atoms with Crippen molar-refractivity contribution >= 4 is 23.6 Å². The molecule has 1 fully saturated rings. The van der Waals surface area contributed by atoms with Crippen LogP contribution >= 0.6 is 11.8 Å². The number of thioether (sulfide) groups is 1. The third kappa shape index (κ3) is 3.57. The van der Waals surface area contributed by atoms with E-state index in [1.54, 1.807) is 23.9 Å². The molecule has 1 aliphatic heterocycles. The number of likely N-dealkylation sites (tertiary alicyclic amines) is 1. The first-order chi connectivity index (χ1) is 10.1. The van der Waals surface area contributed by atoms with E-state index in [4.69, 9.17) is 4.74 Å². The topological polar surface area (TPSA) is 66.8 Å². The van der Waals surface area contributed by atoms with Crippen LogP contribution in [-0.4, -0.2) is 53.9 Å². The molecule has 21 heavy (non-hydrogen) atoms. The van der Waals surface area contributed by atoms with Gasteiger partial charge in [0.05, 0.1) is 6.10 Å². The van der Waals surface area contributed by atoms with E-state index in [0.29, 0.717) is 18.5 Å². The van der Waals surface area contributed by atoms with Gasteiger partial charge >= 0.3 is 5.97 Å². The number of benzene rings is 1. The van der Waals surface area contributed by atoms with Crippen molar-refractivity contribution in [3.8, 4) is 0 Å². The monoisotopic (exact) mass is 309 g/mol. The summed E-state index contributed by atoms with van der Waals surface area (Å²) in [7, 11) is 1.54. The third-order valence-electron chi connectivity index (χ3n) is 3.65. The number of aliphatic carboxylic acids is 1. The molecular weight excluding hydrogens is 290 g/mol. The highest BCUT2D eigenvalue weighted by molar-refractivity contribution is 7.97. The molecule has 1 amide bonds. The van der Waals surface area contributed by atoms with Crippen molar-refractivity contribution in [1.29, 1.82) is 0 Å². The van der Waals surface area contributed by atoms with E-state index in [1.807, 2.05) is 18.4 Å². The molecule has 0 saturated carbocycles. The predicted octanol–water partition coefficient (Wildman–Crippen LogP) is 1.86. The number of ether oxygens (including phenoxy) is 1. The van der Waals surface area contributed by atoms with Crippen molar-refractivity contribution < 1.29 is 19.4 Å². The Balaban J connectivity index is 2.15. The van der Waals surface area contributed by atoms with E-state index in [0.717, 1.165) is 11.3 Å². The molecule has 114 valence electrons. The summed E-state index contributed by atoms with van der Waals surface area (Å²) in [4.78, 5) is 25.2. The summed E-state index contributed by atoms with van der Waals surface area (Å²) in [6.45, 7) is 0.318. The van der Waals surface area contributed by atoms with E-state index >= 15 is 0 Å². The Labute approximate surface area is 128 Å². The van der Waals surface area contributed by atoms with Gasteiger partial charge in [-0.05, 0) is 24.0 Å². The molecule has 1 N–H and O–H groups in total. The number of carboxylic acids is 1. The van der Waals surface area contributed by atoms with Gasteiger partial charge < -0.3 is 14.7 Å². The molecule has 2 rings (SSSR count). The molecule has 0 bridgehead atoms. The van der Waals surface area contributed by atoms with Crippen molar-refractivity contribution in [3.63, 3.8) is 0 Å². The molecule has 1 heterocycles. The van der Waals surface area contributed by atoms with Gasteiger partial charge in [-0.1, -0.05) is 12.1 Å². The highest BCUT2D eigenvalue weighted by atomic mass is 32.2. The molecule has 1 saturated heterocycles. The van der Waals surface area contributed by atoms with Crippen molar-refractivity contribution in [2.45, 2.75) is 24.3 Å². The maximum atomic E-state index is 12.5. The van der Waals surface area contributed by atoms with Crippen molar-refractivity contribution in [3.05, 3.63) is 35.4 Å². The molecule has 2 unspecified atom stereocenters. The van der Waals surface area contributed by atoms with Crippen LogP contribution in [0.5, 0.6) is 0 Å². The van der Waals surface area contributed by atoms with Gasteiger partial charge in [0.2, 0.25) is 0 Å². The molecule has 5 nitrogen and oxygen atoms in total. The smallest absolute Gasteiger partial charge is 0.326 e. The van der Waals surface area contributed by atoms with Gasteiger partial charge in [-0.2, -0.15) is 11.8 Å². The number of hydrogen-bond acceptors (Lipinski definition) is 4. The van der Waals surface area contributed by atoms with Crippen molar-refractivity contribution in [2.75, 3.05) is 19.9 Å². The van der Waals surface area contributed by atoms with E-state index in [2.05, 4.69) is 0 Å². The van der Waals surface area contributed by atoms with E-state index in [1.165, 1.54) is 12.0 Å². The van der Waals surface area contributed by atoms with Crippen LogP contribution in [0.1, 0.15) is 22.3 Å². The highest BCUT2D eigenvalue weighted by Gasteiger charge is 2.40. The molecule has 1 aromatic carbocycles. The van der Waals surface area contributed by atoms with Gasteiger partial charge in [0.15, 0.2) is 0 Å². The van der Waals surface area contributed by atoms with Gasteiger partial charge in [-0.15, -0.1) is 0 Å². The number of carbonyl (C=O) groups is 2. The zero-order valence-corrected chi connectivity index (χ0v) is 12.9. The molecular formula is C15H19NO4S. The molecule has 0 spiro atoms. The number of methoxy groups -OCH3 is 1. The van der Waals surface area contributed by atoms with Gasteiger partial charge in [0.1, 0.15) is 6.04 Å². The quantitative estimate of drug-likeness (QED) is 0.899. The van der Waals surface area contributed by atoms with Gasteiger partial charge in [0, 0.05) is 31.4 Å². The molecule has 0 radical (unpaired) electrons. The van der Waals surface area contributed by atoms with Crippen LogP contribution in [0.3, 0.4) is 0 Å². The van der Waals surface area contributed by atoms with E-state index in [9.17, 15) is 14.7 Å². The molecule has 0 aromatic heterocycles. The second kappa shape index (κ2) is 6.95. The van der Waals surface area contributed by atoms with Gasteiger partial charge in [-0.25, -0.2) is 4.79 Å². The predicted molar refractivity (Wildman–Crippen MR) is 81.5 cm³/mol. The average molecular weight is 309 g/mol. The first kappa shape index (κ1) is 15.9. The first-order valence-electron chi connectivity index (χ1n) is 6.71. The van der Waals surface area contributed by atoms with Crippen LogP contribution in [-0.2, 0) is 15.3 Å².